The van der Waals surface area contributed by atoms with Gasteiger partial charge in [0.05, 0.1) is 24.5 Å². The van der Waals surface area contributed by atoms with Gasteiger partial charge in [-0.3, -0.25) is 0 Å². The zero-order chi connectivity index (χ0) is 24.3. The van der Waals surface area contributed by atoms with Crippen LogP contribution in [0.2, 0.25) is 0 Å². The summed E-state index contributed by atoms with van der Waals surface area (Å²) in [5, 5.41) is 0. The van der Waals surface area contributed by atoms with Crippen LogP contribution in [0.15, 0.2) is 48.5 Å². The van der Waals surface area contributed by atoms with Gasteiger partial charge in [0.25, 0.3) is 0 Å². The standard InChI is InChI=1S/C28H32FNO4/c1-5-8-20-17-25(27-32-13-14-33-27)30-24(20)16-19-12-11-18(15-23(19)29)21-9-6-7-10-22(21)26(31)34-28(2,3)4/h6-7,9-12,15,17,27,30H,5,8,13-14,16H2,1-4H3. The van der Waals surface area contributed by atoms with Crippen LogP contribution < -0.4 is 0 Å². The molecule has 180 valence electrons. The topological polar surface area (TPSA) is 60.5 Å². The Morgan fingerprint density at radius 2 is 1.82 bits per heavy atom. The van der Waals surface area contributed by atoms with Gasteiger partial charge in [-0.1, -0.05) is 43.7 Å². The molecule has 0 spiro atoms. The molecule has 4 rings (SSSR count). The van der Waals surface area contributed by atoms with Gasteiger partial charge in [-0.25, -0.2) is 9.18 Å². The van der Waals surface area contributed by atoms with Gasteiger partial charge in [0.1, 0.15) is 11.4 Å². The highest BCUT2D eigenvalue weighted by atomic mass is 19.1. The van der Waals surface area contributed by atoms with Crippen LogP contribution >= 0.6 is 0 Å². The molecule has 6 heteroatoms. The maximum atomic E-state index is 15.3. The minimum atomic E-state index is -0.612. The number of esters is 1. The summed E-state index contributed by atoms with van der Waals surface area (Å²) in [7, 11) is 0. The van der Waals surface area contributed by atoms with E-state index in [2.05, 4.69) is 18.0 Å². The van der Waals surface area contributed by atoms with E-state index in [1.165, 1.54) is 6.07 Å². The number of carbonyl (C=O) groups is 1. The Balaban J connectivity index is 1.60. The maximum absolute atomic E-state index is 15.3. The van der Waals surface area contributed by atoms with Crippen molar-refractivity contribution in [2.24, 2.45) is 0 Å². The molecule has 5 nitrogen and oxygen atoms in total. The predicted molar refractivity (Wildman–Crippen MR) is 129 cm³/mol. The van der Waals surface area contributed by atoms with E-state index >= 15 is 4.39 Å². The van der Waals surface area contributed by atoms with Crippen molar-refractivity contribution in [3.8, 4) is 11.1 Å². The van der Waals surface area contributed by atoms with Crippen LogP contribution in [-0.2, 0) is 27.1 Å². The fraction of sp³-hybridized carbons (Fsp3) is 0.393. The van der Waals surface area contributed by atoms with E-state index in [0.717, 1.165) is 29.8 Å². The van der Waals surface area contributed by atoms with E-state index in [1.807, 2.05) is 39.0 Å². The van der Waals surface area contributed by atoms with Crippen LogP contribution in [0, 0.1) is 5.82 Å². The number of benzene rings is 2. The van der Waals surface area contributed by atoms with E-state index < -0.39 is 11.6 Å². The molecule has 0 amide bonds. The van der Waals surface area contributed by atoms with Crippen LogP contribution in [0.3, 0.4) is 0 Å². The van der Waals surface area contributed by atoms with Crippen LogP contribution in [0.1, 0.15) is 73.3 Å². The molecule has 0 atom stereocenters. The van der Waals surface area contributed by atoms with Crippen LogP contribution in [-0.4, -0.2) is 29.8 Å². The molecule has 0 radical (unpaired) electrons. The molecule has 0 aliphatic carbocycles. The second-order valence-corrected chi connectivity index (χ2v) is 9.58. The Kier molecular flexibility index (Phi) is 7.19. The Bertz CT molecular complexity index is 1160. The normalized spacial score (nSPS) is 14.5. The van der Waals surface area contributed by atoms with E-state index in [-0.39, 0.29) is 12.1 Å². The number of rotatable bonds is 7. The summed E-state index contributed by atoms with van der Waals surface area (Å²) < 4.78 is 32.1. The second-order valence-electron chi connectivity index (χ2n) is 9.58. The SMILES string of the molecule is CCCc1cc(C2OCCO2)[nH]c1Cc1ccc(-c2ccccc2C(=O)OC(C)(C)C)cc1F. The molecule has 1 aliphatic rings. The summed E-state index contributed by atoms with van der Waals surface area (Å²) in [6.45, 7) is 8.74. The highest BCUT2D eigenvalue weighted by molar-refractivity contribution is 5.97. The predicted octanol–water partition coefficient (Wildman–Crippen LogP) is 6.36. The number of aromatic nitrogens is 1. The smallest absolute Gasteiger partial charge is 0.339 e. The maximum Gasteiger partial charge on any atom is 0.339 e. The van der Waals surface area contributed by atoms with Crippen LogP contribution in [0.5, 0.6) is 0 Å². The minimum Gasteiger partial charge on any atom is -0.456 e. The first-order valence-corrected chi connectivity index (χ1v) is 11.8. The van der Waals surface area contributed by atoms with Gasteiger partial charge in [0.15, 0.2) is 6.29 Å². The van der Waals surface area contributed by atoms with Crippen molar-refractivity contribution in [2.75, 3.05) is 13.2 Å². The molecule has 1 fully saturated rings. The molecular weight excluding hydrogens is 433 g/mol. The fourth-order valence-corrected chi connectivity index (χ4v) is 4.18. The number of H-pyrrole nitrogens is 1. The lowest BCUT2D eigenvalue weighted by Gasteiger charge is -2.20. The lowest BCUT2D eigenvalue weighted by Crippen LogP contribution is -2.24. The van der Waals surface area contributed by atoms with E-state index in [4.69, 9.17) is 14.2 Å². The minimum absolute atomic E-state index is 0.316. The zero-order valence-corrected chi connectivity index (χ0v) is 20.2. The highest BCUT2D eigenvalue weighted by Crippen LogP contribution is 2.30. The first-order valence-electron chi connectivity index (χ1n) is 11.8. The molecule has 0 saturated carbocycles. The lowest BCUT2D eigenvalue weighted by molar-refractivity contribution is -0.0470. The monoisotopic (exact) mass is 465 g/mol. The van der Waals surface area contributed by atoms with Gasteiger partial charge < -0.3 is 19.2 Å². The highest BCUT2D eigenvalue weighted by Gasteiger charge is 2.23. The van der Waals surface area contributed by atoms with Gasteiger partial charge in [-0.2, -0.15) is 0 Å². The van der Waals surface area contributed by atoms with Gasteiger partial charge in [0.2, 0.25) is 0 Å². The first kappa shape index (κ1) is 24.2. The quantitative estimate of drug-likeness (QED) is 0.412. The zero-order valence-electron chi connectivity index (χ0n) is 20.2. The van der Waals surface area contributed by atoms with Gasteiger partial charge in [0, 0.05) is 12.1 Å². The molecule has 2 aromatic carbocycles. The number of hydrogen-bond acceptors (Lipinski definition) is 4. The molecule has 1 aromatic heterocycles. The number of ether oxygens (including phenoxy) is 3. The Labute approximate surface area is 200 Å². The molecule has 0 bridgehead atoms. The molecule has 3 aromatic rings. The van der Waals surface area contributed by atoms with Gasteiger partial charge >= 0.3 is 5.97 Å². The van der Waals surface area contributed by atoms with Crippen molar-refractivity contribution in [1.29, 1.82) is 0 Å². The summed E-state index contributed by atoms with van der Waals surface area (Å²) in [5.74, 6) is -0.740. The molecule has 1 saturated heterocycles. The third-order valence-corrected chi connectivity index (χ3v) is 5.68. The summed E-state index contributed by atoms with van der Waals surface area (Å²) in [6, 6.07) is 14.3. The van der Waals surface area contributed by atoms with Gasteiger partial charge in [-0.05, 0) is 67.6 Å². The Morgan fingerprint density at radius 1 is 1.09 bits per heavy atom. The van der Waals surface area contributed by atoms with Crippen molar-refractivity contribution in [1.82, 2.24) is 4.98 Å². The van der Waals surface area contributed by atoms with Gasteiger partial charge in [-0.15, -0.1) is 0 Å². The Hall–Kier alpha value is -2.96. The second kappa shape index (κ2) is 10.1. The van der Waals surface area contributed by atoms with Crippen molar-refractivity contribution in [2.45, 2.75) is 58.8 Å². The first-order chi connectivity index (χ1) is 16.2. The van der Waals surface area contributed by atoms with Crippen molar-refractivity contribution in [3.05, 3.63) is 82.4 Å². The lowest BCUT2D eigenvalue weighted by atomic mass is 9.96. The number of carbonyl (C=O) groups excluding carboxylic acids is 1. The number of hydrogen-bond donors (Lipinski definition) is 1. The van der Waals surface area contributed by atoms with Crippen LogP contribution in [0.25, 0.3) is 11.1 Å². The summed E-state index contributed by atoms with van der Waals surface area (Å²) in [6.07, 6.45) is 1.92. The average Bonchev–Trinajstić information content (AvgIpc) is 3.45. The molecule has 2 heterocycles. The largest absolute Gasteiger partial charge is 0.456 e. The molecule has 0 unspecified atom stereocenters. The average molecular weight is 466 g/mol. The third kappa shape index (κ3) is 5.57. The van der Waals surface area contributed by atoms with Crippen LogP contribution in [0.4, 0.5) is 4.39 Å². The Morgan fingerprint density at radius 3 is 2.50 bits per heavy atom. The summed E-state index contributed by atoms with van der Waals surface area (Å²) in [4.78, 5) is 16.1. The summed E-state index contributed by atoms with van der Waals surface area (Å²) >= 11 is 0. The van der Waals surface area contributed by atoms with Crippen molar-refractivity contribution >= 4 is 5.97 Å². The van der Waals surface area contributed by atoms with E-state index in [1.54, 1.807) is 18.2 Å². The van der Waals surface area contributed by atoms with E-state index in [0.29, 0.717) is 41.9 Å². The number of aryl methyl sites for hydroxylation is 1. The van der Waals surface area contributed by atoms with Crippen molar-refractivity contribution in [3.63, 3.8) is 0 Å². The molecular formula is C28H32FNO4. The molecule has 1 N–H and O–H groups in total. The molecule has 34 heavy (non-hydrogen) atoms. The fourth-order valence-electron chi connectivity index (χ4n) is 4.18. The van der Waals surface area contributed by atoms with E-state index in [9.17, 15) is 4.79 Å². The third-order valence-electron chi connectivity index (χ3n) is 5.68. The number of nitrogens with one attached hydrogen (secondary N) is 1. The number of aromatic amines is 1. The molecule has 1 aliphatic heterocycles. The number of halogens is 1. The van der Waals surface area contributed by atoms with Crippen molar-refractivity contribution < 1.29 is 23.4 Å². The summed E-state index contributed by atoms with van der Waals surface area (Å²) in [5.41, 5.74) is 4.66.